The number of unbranched alkanes of at least 4 members (excludes halogenated alkanes) is 2. The molecule has 2 heteroatoms. The van der Waals surface area contributed by atoms with E-state index in [-0.39, 0.29) is 0 Å². The van der Waals surface area contributed by atoms with Gasteiger partial charge in [-0.15, -0.1) is 0 Å². The summed E-state index contributed by atoms with van der Waals surface area (Å²) in [5, 5.41) is 0. The van der Waals surface area contributed by atoms with Crippen LogP contribution in [0.4, 0.5) is 0 Å². The third-order valence-electron chi connectivity index (χ3n) is 3.19. The number of rotatable bonds is 6. The average Bonchev–Trinajstić information content (AvgIpc) is 2.76. The van der Waals surface area contributed by atoms with Crippen molar-refractivity contribution in [1.82, 2.24) is 0 Å². The molecule has 0 saturated heterocycles. The summed E-state index contributed by atoms with van der Waals surface area (Å²) in [5.41, 5.74) is 8.44. The molecule has 0 fully saturated rings. The van der Waals surface area contributed by atoms with E-state index in [0.29, 0.717) is 0 Å². The number of ether oxygens (including phenoxy) is 1. The average molecular weight is 219 g/mol. The molecule has 0 radical (unpaired) electrons. The monoisotopic (exact) mass is 219 g/mol. The SMILES string of the molecule is NCCCCCOc1ccc2c(c1)CCC2. The molecule has 2 rings (SSSR count). The zero-order valence-corrected chi connectivity index (χ0v) is 9.87. The molecule has 0 heterocycles. The zero-order chi connectivity index (χ0) is 11.2. The smallest absolute Gasteiger partial charge is 0.119 e. The highest BCUT2D eigenvalue weighted by molar-refractivity contribution is 5.38. The summed E-state index contributed by atoms with van der Waals surface area (Å²) < 4.78 is 5.74. The van der Waals surface area contributed by atoms with E-state index in [9.17, 15) is 0 Å². The number of hydrogen-bond donors (Lipinski definition) is 1. The maximum absolute atomic E-state index is 5.74. The minimum Gasteiger partial charge on any atom is -0.494 e. The summed E-state index contributed by atoms with van der Waals surface area (Å²) in [6.07, 6.45) is 7.14. The topological polar surface area (TPSA) is 35.2 Å². The Balaban J connectivity index is 1.77. The normalized spacial score (nSPS) is 13.8. The second-order valence-electron chi connectivity index (χ2n) is 4.48. The van der Waals surface area contributed by atoms with Gasteiger partial charge in [-0.2, -0.15) is 0 Å². The second kappa shape index (κ2) is 5.90. The highest BCUT2D eigenvalue weighted by Crippen LogP contribution is 2.26. The van der Waals surface area contributed by atoms with Crippen LogP contribution in [0.1, 0.15) is 36.8 Å². The van der Waals surface area contributed by atoms with Gasteiger partial charge in [-0.05, 0) is 68.3 Å². The predicted octanol–water partition coefficient (Wildman–Crippen LogP) is 2.68. The number of fused-ring (bicyclic) bond motifs is 1. The summed E-state index contributed by atoms with van der Waals surface area (Å²) in [6, 6.07) is 6.54. The minimum absolute atomic E-state index is 0.791. The molecule has 16 heavy (non-hydrogen) atoms. The van der Waals surface area contributed by atoms with E-state index in [1.165, 1.54) is 36.8 Å². The van der Waals surface area contributed by atoms with Gasteiger partial charge >= 0.3 is 0 Å². The van der Waals surface area contributed by atoms with Gasteiger partial charge in [0.15, 0.2) is 0 Å². The van der Waals surface area contributed by atoms with Crippen molar-refractivity contribution in [2.75, 3.05) is 13.2 Å². The van der Waals surface area contributed by atoms with Gasteiger partial charge in [-0.1, -0.05) is 6.07 Å². The Kier molecular flexibility index (Phi) is 4.23. The molecule has 0 aromatic heterocycles. The fourth-order valence-corrected chi connectivity index (χ4v) is 2.25. The highest BCUT2D eigenvalue weighted by atomic mass is 16.5. The maximum Gasteiger partial charge on any atom is 0.119 e. The molecule has 0 saturated carbocycles. The first-order valence-electron chi connectivity index (χ1n) is 6.35. The van der Waals surface area contributed by atoms with Crippen LogP contribution in [0.15, 0.2) is 18.2 Å². The van der Waals surface area contributed by atoms with E-state index in [0.717, 1.165) is 31.7 Å². The van der Waals surface area contributed by atoms with Gasteiger partial charge in [0.1, 0.15) is 5.75 Å². The fourth-order valence-electron chi connectivity index (χ4n) is 2.25. The molecule has 1 aliphatic rings. The Morgan fingerprint density at radius 2 is 1.94 bits per heavy atom. The molecule has 1 aromatic carbocycles. The summed E-state index contributed by atoms with van der Waals surface area (Å²) in [6.45, 7) is 1.61. The van der Waals surface area contributed by atoms with Crippen LogP contribution in [-0.2, 0) is 12.8 Å². The first-order valence-corrected chi connectivity index (χ1v) is 6.35. The van der Waals surface area contributed by atoms with Crippen molar-refractivity contribution in [2.45, 2.75) is 38.5 Å². The standard InChI is InChI=1S/C14H21NO/c15-9-2-1-3-10-16-14-8-7-12-5-4-6-13(12)11-14/h7-8,11H,1-6,9-10,15H2. The van der Waals surface area contributed by atoms with Crippen LogP contribution in [0.2, 0.25) is 0 Å². The first-order chi connectivity index (χ1) is 7.90. The van der Waals surface area contributed by atoms with Crippen molar-refractivity contribution in [3.8, 4) is 5.75 Å². The number of nitrogens with two attached hydrogens (primary N) is 1. The van der Waals surface area contributed by atoms with Gasteiger partial charge in [0.2, 0.25) is 0 Å². The molecule has 2 nitrogen and oxygen atoms in total. The van der Waals surface area contributed by atoms with Crippen LogP contribution in [-0.4, -0.2) is 13.2 Å². The molecule has 1 aliphatic carbocycles. The van der Waals surface area contributed by atoms with Crippen molar-refractivity contribution in [2.24, 2.45) is 5.73 Å². The van der Waals surface area contributed by atoms with Gasteiger partial charge in [-0.25, -0.2) is 0 Å². The Morgan fingerprint density at radius 1 is 1.06 bits per heavy atom. The van der Waals surface area contributed by atoms with Gasteiger partial charge in [0, 0.05) is 0 Å². The van der Waals surface area contributed by atoms with Crippen LogP contribution >= 0.6 is 0 Å². The first kappa shape index (κ1) is 11.5. The lowest BCUT2D eigenvalue weighted by molar-refractivity contribution is 0.305. The van der Waals surface area contributed by atoms with Crippen molar-refractivity contribution in [3.63, 3.8) is 0 Å². The Bertz CT molecular complexity index is 336. The number of aryl methyl sites for hydroxylation is 2. The number of benzene rings is 1. The van der Waals surface area contributed by atoms with Crippen molar-refractivity contribution >= 4 is 0 Å². The highest BCUT2D eigenvalue weighted by Gasteiger charge is 2.10. The second-order valence-corrected chi connectivity index (χ2v) is 4.48. The lowest BCUT2D eigenvalue weighted by Gasteiger charge is -2.07. The van der Waals surface area contributed by atoms with Crippen LogP contribution in [0.3, 0.4) is 0 Å². The molecule has 0 amide bonds. The van der Waals surface area contributed by atoms with E-state index < -0.39 is 0 Å². The molecule has 0 spiro atoms. The molecule has 0 unspecified atom stereocenters. The molecular weight excluding hydrogens is 198 g/mol. The van der Waals surface area contributed by atoms with Gasteiger partial charge in [0.05, 0.1) is 6.61 Å². The van der Waals surface area contributed by atoms with E-state index in [1.54, 1.807) is 0 Å². The molecule has 88 valence electrons. The van der Waals surface area contributed by atoms with Crippen molar-refractivity contribution in [3.05, 3.63) is 29.3 Å². The quantitative estimate of drug-likeness (QED) is 0.747. The van der Waals surface area contributed by atoms with Crippen LogP contribution in [0.5, 0.6) is 5.75 Å². The largest absolute Gasteiger partial charge is 0.494 e. The van der Waals surface area contributed by atoms with Crippen LogP contribution in [0.25, 0.3) is 0 Å². The maximum atomic E-state index is 5.74. The predicted molar refractivity (Wildman–Crippen MR) is 66.9 cm³/mol. The third kappa shape index (κ3) is 2.99. The summed E-state index contributed by atoms with van der Waals surface area (Å²) in [4.78, 5) is 0. The third-order valence-corrected chi connectivity index (χ3v) is 3.19. The minimum atomic E-state index is 0.791. The van der Waals surface area contributed by atoms with Crippen LogP contribution in [0, 0.1) is 0 Å². The Hall–Kier alpha value is -1.02. The molecule has 2 N–H and O–H groups in total. The van der Waals surface area contributed by atoms with Gasteiger partial charge < -0.3 is 10.5 Å². The Labute approximate surface area is 97.8 Å². The fraction of sp³-hybridized carbons (Fsp3) is 0.571. The summed E-state index contributed by atoms with van der Waals surface area (Å²) >= 11 is 0. The molecule has 1 aromatic rings. The van der Waals surface area contributed by atoms with Gasteiger partial charge in [-0.3, -0.25) is 0 Å². The van der Waals surface area contributed by atoms with Crippen molar-refractivity contribution in [1.29, 1.82) is 0 Å². The van der Waals surface area contributed by atoms with E-state index in [4.69, 9.17) is 10.5 Å². The van der Waals surface area contributed by atoms with Crippen molar-refractivity contribution < 1.29 is 4.74 Å². The van der Waals surface area contributed by atoms with E-state index >= 15 is 0 Å². The van der Waals surface area contributed by atoms with Crippen LogP contribution < -0.4 is 10.5 Å². The van der Waals surface area contributed by atoms with E-state index in [2.05, 4.69) is 18.2 Å². The molecule has 0 atom stereocenters. The lowest BCUT2D eigenvalue weighted by atomic mass is 10.1. The Morgan fingerprint density at radius 3 is 2.81 bits per heavy atom. The summed E-state index contributed by atoms with van der Waals surface area (Å²) in [5.74, 6) is 1.04. The number of hydrogen-bond acceptors (Lipinski definition) is 2. The summed E-state index contributed by atoms with van der Waals surface area (Å²) in [7, 11) is 0. The van der Waals surface area contributed by atoms with Gasteiger partial charge in [0.25, 0.3) is 0 Å². The van der Waals surface area contributed by atoms with E-state index in [1.807, 2.05) is 0 Å². The molecular formula is C14H21NO. The zero-order valence-electron chi connectivity index (χ0n) is 9.87. The molecule has 0 aliphatic heterocycles. The molecule has 0 bridgehead atoms. The lowest BCUT2D eigenvalue weighted by Crippen LogP contribution is -2.01.